The van der Waals surface area contributed by atoms with Gasteiger partial charge in [-0.05, 0) is 12.8 Å². The molecule has 0 aliphatic rings. The zero-order valence-corrected chi connectivity index (χ0v) is 15.5. The average molecular weight is 310 g/mol. The molecular weight excluding hydrogens is 268 g/mol. The molecule has 131 valence electrons. The molecule has 1 radical (unpaired) electrons. The van der Waals surface area contributed by atoms with Gasteiger partial charge in [0.2, 0.25) is 0 Å². The van der Waals surface area contributed by atoms with Crippen molar-refractivity contribution in [3.05, 3.63) is 6.42 Å². The largest absolute Gasteiger partial charge is 0.299 e. The lowest BCUT2D eigenvalue weighted by molar-refractivity contribution is -0.116. The molecule has 0 aromatic carbocycles. The molecule has 0 aromatic heterocycles. The van der Waals surface area contributed by atoms with E-state index in [4.69, 9.17) is 0 Å². The molecule has 0 spiro atoms. The summed E-state index contributed by atoms with van der Waals surface area (Å²) in [4.78, 5) is 11.3. The monoisotopic (exact) mass is 309 g/mol. The van der Waals surface area contributed by atoms with Crippen molar-refractivity contribution in [3.63, 3.8) is 0 Å². The normalized spacial score (nSPS) is 11.0. The third-order valence-electron chi connectivity index (χ3n) is 4.46. The summed E-state index contributed by atoms with van der Waals surface area (Å²) in [5.74, 6) is 0.345. The standard InChI is InChI=1S/C21H41O/c1-3-5-6-7-8-9-10-11-12-13-14-15-16-17-18-20-21(22)19-4-2/h19H,3-18,20H2,1-2H3. The van der Waals surface area contributed by atoms with Gasteiger partial charge in [-0.25, -0.2) is 0 Å². The van der Waals surface area contributed by atoms with Crippen LogP contribution in [0.4, 0.5) is 0 Å². The number of hydrogen-bond acceptors (Lipinski definition) is 1. The van der Waals surface area contributed by atoms with Crippen molar-refractivity contribution >= 4 is 5.78 Å². The fraction of sp³-hybridized carbons (Fsp3) is 0.905. The van der Waals surface area contributed by atoms with Crippen LogP contribution in [0.1, 0.15) is 123 Å². The Labute approximate surface area is 140 Å². The van der Waals surface area contributed by atoms with Crippen molar-refractivity contribution in [2.45, 2.75) is 123 Å². The first kappa shape index (κ1) is 21.7. The maximum absolute atomic E-state index is 11.3. The number of unbranched alkanes of at least 4 members (excludes halogenated alkanes) is 14. The van der Waals surface area contributed by atoms with Crippen LogP contribution in [0.25, 0.3) is 0 Å². The molecule has 22 heavy (non-hydrogen) atoms. The Kier molecular flexibility index (Phi) is 18.4. The second-order valence-corrected chi connectivity index (χ2v) is 6.78. The molecule has 1 heteroatoms. The molecule has 0 amide bonds. The van der Waals surface area contributed by atoms with Gasteiger partial charge in [0, 0.05) is 12.8 Å². The predicted octanol–water partition coefficient (Wildman–Crippen LogP) is 7.43. The topological polar surface area (TPSA) is 17.1 Å². The van der Waals surface area contributed by atoms with Gasteiger partial charge in [-0.15, -0.1) is 0 Å². The van der Waals surface area contributed by atoms with Gasteiger partial charge in [0.1, 0.15) is 5.78 Å². The van der Waals surface area contributed by atoms with Crippen molar-refractivity contribution in [2.75, 3.05) is 0 Å². The smallest absolute Gasteiger partial charge is 0.136 e. The van der Waals surface area contributed by atoms with Crippen LogP contribution in [0.2, 0.25) is 0 Å². The summed E-state index contributed by atoms with van der Waals surface area (Å²) in [7, 11) is 0. The lowest BCUT2D eigenvalue weighted by atomic mass is 10.0. The summed E-state index contributed by atoms with van der Waals surface area (Å²) in [6.45, 7) is 4.31. The molecule has 0 bridgehead atoms. The van der Waals surface area contributed by atoms with Gasteiger partial charge < -0.3 is 0 Å². The first-order chi connectivity index (χ1) is 10.8. The highest BCUT2D eigenvalue weighted by Gasteiger charge is 2.00. The highest BCUT2D eigenvalue weighted by atomic mass is 16.1. The van der Waals surface area contributed by atoms with Crippen LogP contribution < -0.4 is 0 Å². The van der Waals surface area contributed by atoms with E-state index < -0.39 is 0 Å². The van der Waals surface area contributed by atoms with Crippen LogP contribution in [-0.4, -0.2) is 5.78 Å². The number of carbonyl (C=O) groups is 1. The van der Waals surface area contributed by atoms with E-state index in [0.717, 1.165) is 19.3 Å². The zero-order valence-electron chi connectivity index (χ0n) is 15.5. The Morgan fingerprint density at radius 3 is 1.32 bits per heavy atom. The molecule has 0 N–H and O–H groups in total. The van der Waals surface area contributed by atoms with Crippen LogP contribution in [0, 0.1) is 6.42 Å². The minimum absolute atomic E-state index is 0.345. The van der Waals surface area contributed by atoms with Gasteiger partial charge in [0.25, 0.3) is 0 Å². The highest BCUT2D eigenvalue weighted by molar-refractivity contribution is 5.86. The molecule has 0 unspecified atom stereocenters. The summed E-state index contributed by atoms with van der Waals surface area (Å²) in [5.41, 5.74) is 0. The minimum Gasteiger partial charge on any atom is -0.299 e. The fourth-order valence-electron chi connectivity index (χ4n) is 3.00. The van der Waals surface area contributed by atoms with Crippen LogP contribution in [0.15, 0.2) is 0 Å². The van der Waals surface area contributed by atoms with E-state index in [2.05, 4.69) is 6.92 Å². The second-order valence-electron chi connectivity index (χ2n) is 6.78. The molecule has 0 aliphatic heterocycles. The van der Waals surface area contributed by atoms with E-state index in [1.54, 1.807) is 0 Å². The first-order valence-corrected chi connectivity index (χ1v) is 10.2. The van der Waals surface area contributed by atoms with Gasteiger partial charge >= 0.3 is 0 Å². The number of ketones is 1. The molecular formula is C21H41O. The molecule has 0 saturated heterocycles. The molecule has 0 heterocycles. The number of Topliss-reactive ketones (excluding diaryl/α,β-unsaturated/α-hetero) is 1. The van der Waals surface area contributed by atoms with Crippen LogP contribution in [0.5, 0.6) is 0 Å². The quantitative estimate of drug-likeness (QED) is 0.240. The Bertz CT molecular complexity index is 222. The Hall–Kier alpha value is -0.330. The average Bonchev–Trinajstić information content (AvgIpc) is 2.51. The van der Waals surface area contributed by atoms with Crippen LogP contribution in [-0.2, 0) is 4.79 Å². The molecule has 0 fully saturated rings. The van der Waals surface area contributed by atoms with Crippen molar-refractivity contribution in [1.29, 1.82) is 0 Å². The zero-order chi connectivity index (χ0) is 16.3. The van der Waals surface area contributed by atoms with Crippen molar-refractivity contribution in [1.82, 2.24) is 0 Å². The van der Waals surface area contributed by atoms with Crippen LogP contribution in [0.3, 0.4) is 0 Å². The lowest BCUT2D eigenvalue weighted by Gasteiger charge is -2.03. The summed E-state index contributed by atoms with van der Waals surface area (Å²) < 4.78 is 0. The summed E-state index contributed by atoms with van der Waals surface area (Å²) in [6, 6.07) is 0. The molecule has 0 saturated carbocycles. The minimum atomic E-state index is 0.345. The Morgan fingerprint density at radius 2 is 0.955 bits per heavy atom. The third kappa shape index (κ3) is 17.7. The second kappa shape index (κ2) is 18.7. The van der Waals surface area contributed by atoms with Gasteiger partial charge in [-0.3, -0.25) is 4.79 Å². The van der Waals surface area contributed by atoms with E-state index in [9.17, 15) is 4.79 Å². The van der Waals surface area contributed by atoms with E-state index >= 15 is 0 Å². The third-order valence-corrected chi connectivity index (χ3v) is 4.46. The Balaban J connectivity index is 3.01. The number of carbonyl (C=O) groups excluding carboxylic acids is 1. The van der Waals surface area contributed by atoms with E-state index in [1.165, 1.54) is 89.9 Å². The fourth-order valence-corrected chi connectivity index (χ4v) is 3.00. The number of hydrogen-bond donors (Lipinski definition) is 0. The van der Waals surface area contributed by atoms with Gasteiger partial charge in [-0.1, -0.05) is 104 Å². The SMILES string of the molecule is CC[CH]C(=O)CCCCCCCCCCCCCCCCC. The Morgan fingerprint density at radius 1 is 0.591 bits per heavy atom. The molecule has 0 rings (SSSR count). The van der Waals surface area contributed by atoms with Crippen LogP contribution >= 0.6 is 0 Å². The molecule has 0 aliphatic carbocycles. The van der Waals surface area contributed by atoms with E-state index in [1.807, 2.05) is 13.3 Å². The van der Waals surface area contributed by atoms with Crippen molar-refractivity contribution in [3.8, 4) is 0 Å². The summed E-state index contributed by atoms with van der Waals surface area (Å²) in [5, 5.41) is 0. The highest BCUT2D eigenvalue weighted by Crippen LogP contribution is 2.13. The lowest BCUT2D eigenvalue weighted by Crippen LogP contribution is -1.97. The van der Waals surface area contributed by atoms with Gasteiger partial charge in [0.15, 0.2) is 0 Å². The maximum Gasteiger partial charge on any atom is 0.136 e. The molecule has 1 nitrogen and oxygen atoms in total. The molecule has 0 aromatic rings. The van der Waals surface area contributed by atoms with Crippen molar-refractivity contribution in [2.24, 2.45) is 0 Å². The summed E-state index contributed by atoms with van der Waals surface area (Å²) >= 11 is 0. The van der Waals surface area contributed by atoms with E-state index in [0.29, 0.717) is 5.78 Å². The predicted molar refractivity (Wildman–Crippen MR) is 99.1 cm³/mol. The van der Waals surface area contributed by atoms with Gasteiger partial charge in [0.05, 0.1) is 0 Å². The van der Waals surface area contributed by atoms with E-state index in [-0.39, 0.29) is 0 Å². The van der Waals surface area contributed by atoms with Gasteiger partial charge in [-0.2, -0.15) is 0 Å². The first-order valence-electron chi connectivity index (χ1n) is 10.2. The summed E-state index contributed by atoms with van der Waals surface area (Å²) in [6.07, 6.45) is 24.2. The molecule has 0 atom stereocenters. The van der Waals surface area contributed by atoms with Crippen molar-refractivity contribution < 1.29 is 4.79 Å². The number of rotatable bonds is 18. The maximum atomic E-state index is 11.3.